The molecule has 19 heavy (non-hydrogen) atoms. The maximum atomic E-state index is 11.5. The number of anilines is 1. The van der Waals surface area contributed by atoms with Gasteiger partial charge in [-0.05, 0) is 24.3 Å². The van der Waals surface area contributed by atoms with Crippen molar-refractivity contribution in [1.29, 1.82) is 0 Å². The highest BCUT2D eigenvalue weighted by atomic mass is 35.5. The van der Waals surface area contributed by atoms with Crippen LogP contribution < -0.4 is 5.32 Å². The zero-order valence-corrected chi connectivity index (χ0v) is 12.2. The number of rotatable bonds is 4. The van der Waals surface area contributed by atoms with Crippen molar-refractivity contribution in [2.75, 3.05) is 5.32 Å². The molecular weight excluding hydrogens is 301 g/mol. The van der Waals surface area contributed by atoms with Gasteiger partial charge in [0.15, 0.2) is 4.84 Å². The lowest BCUT2D eigenvalue weighted by Gasteiger charge is -2.10. The summed E-state index contributed by atoms with van der Waals surface area (Å²) in [6, 6.07) is 17.4. The van der Waals surface area contributed by atoms with E-state index in [1.165, 1.54) is 0 Å². The molecule has 2 aromatic rings. The fourth-order valence-electron chi connectivity index (χ4n) is 1.46. The van der Waals surface area contributed by atoms with Gasteiger partial charge in [-0.3, -0.25) is 4.79 Å². The summed E-state index contributed by atoms with van der Waals surface area (Å²) < 4.78 is 0. The van der Waals surface area contributed by atoms with Gasteiger partial charge in [-0.25, -0.2) is 0 Å². The van der Waals surface area contributed by atoms with Crippen LogP contribution in [0.2, 0.25) is 0 Å². The first-order chi connectivity index (χ1) is 9.16. The second kappa shape index (κ2) is 6.85. The number of para-hydroxylation sites is 1. The van der Waals surface area contributed by atoms with Gasteiger partial charge in [-0.2, -0.15) is 0 Å². The van der Waals surface area contributed by atoms with Gasteiger partial charge in [-0.1, -0.05) is 65.3 Å². The maximum absolute atomic E-state index is 11.5. The standard InChI is InChI=1S/C14H11Cl2NOS/c15-13(16)14(18)17-11-8-4-5-9-12(11)19-10-6-2-1-3-7-10/h1-9,13H,(H,17,18). The highest BCUT2D eigenvalue weighted by molar-refractivity contribution is 7.99. The Kier molecular flexibility index (Phi) is 5.14. The number of hydrogen-bond acceptors (Lipinski definition) is 2. The van der Waals surface area contributed by atoms with E-state index >= 15 is 0 Å². The average Bonchev–Trinajstić information content (AvgIpc) is 2.42. The van der Waals surface area contributed by atoms with Crippen LogP contribution in [0.25, 0.3) is 0 Å². The second-order valence-electron chi connectivity index (χ2n) is 3.70. The van der Waals surface area contributed by atoms with Crippen LogP contribution in [-0.4, -0.2) is 10.7 Å². The highest BCUT2D eigenvalue weighted by Crippen LogP contribution is 2.33. The van der Waals surface area contributed by atoms with Crippen molar-refractivity contribution in [3.05, 3.63) is 54.6 Å². The highest BCUT2D eigenvalue weighted by Gasteiger charge is 2.13. The van der Waals surface area contributed by atoms with E-state index in [1.54, 1.807) is 11.8 Å². The third kappa shape index (κ3) is 4.16. The predicted octanol–water partition coefficient (Wildman–Crippen LogP) is 4.58. The molecule has 0 unspecified atom stereocenters. The molecule has 0 aliphatic heterocycles. The Morgan fingerprint density at radius 2 is 1.63 bits per heavy atom. The van der Waals surface area contributed by atoms with Crippen molar-refractivity contribution >= 4 is 46.6 Å². The third-order valence-corrected chi connectivity index (χ3v) is 3.79. The monoisotopic (exact) mass is 311 g/mol. The lowest BCUT2D eigenvalue weighted by atomic mass is 10.3. The number of carbonyl (C=O) groups excluding carboxylic acids is 1. The summed E-state index contributed by atoms with van der Waals surface area (Å²) in [5, 5.41) is 2.71. The molecule has 2 nitrogen and oxygen atoms in total. The largest absolute Gasteiger partial charge is 0.323 e. The summed E-state index contributed by atoms with van der Waals surface area (Å²) in [5.74, 6) is -0.426. The summed E-state index contributed by atoms with van der Waals surface area (Å²) in [6.45, 7) is 0. The maximum Gasteiger partial charge on any atom is 0.257 e. The van der Waals surface area contributed by atoms with Crippen molar-refractivity contribution in [1.82, 2.24) is 0 Å². The number of amides is 1. The van der Waals surface area contributed by atoms with Gasteiger partial charge in [0.25, 0.3) is 5.91 Å². The molecule has 0 aromatic heterocycles. The van der Waals surface area contributed by atoms with Crippen molar-refractivity contribution in [2.45, 2.75) is 14.6 Å². The van der Waals surface area contributed by atoms with E-state index in [9.17, 15) is 4.79 Å². The third-order valence-electron chi connectivity index (χ3n) is 2.31. The molecule has 2 rings (SSSR count). The van der Waals surface area contributed by atoms with E-state index in [4.69, 9.17) is 23.2 Å². The van der Waals surface area contributed by atoms with Crippen LogP contribution >= 0.6 is 35.0 Å². The number of halogens is 2. The van der Waals surface area contributed by atoms with Gasteiger partial charge in [0.2, 0.25) is 0 Å². The minimum Gasteiger partial charge on any atom is -0.323 e. The molecule has 0 aliphatic carbocycles. The smallest absolute Gasteiger partial charge is 0.257 e. The zero-order chi connectivity index (χ0) is 13.7. The van der Waals surface area contributed by atoms with Crippen molar-refractivity contribution in [2.24, 2.45) is 0 Å². The van der Waals surface area contributed by atoms with Crippen molar-refractivity contribution in [3.8, 4) is 0 Å². The van der Waals surface area contributed by atoms with Gasteiger partial charge in [0.05, 0.1) is 5.69 Å². The molecule has 5 heteroatoms. The number of alkyl halides is 2. The molecule has 2 aromatic carbocycles. The minimum absolute atomic E-state index is 0.426. The van der Waals surface area contributed by atoms with Gasteiger partial charge in [0.1, 0.15) is 0 Å². The van der Waals surface area contributed by atoms with E-state index < -0.39 is 10.7 Å². The Bertz CT molecular complexity index is 560. The predicted molar refractivity (Wildman–Crippen MR) is 81.1 cm³/mol. The molecule has 0 heterocycles. The molecule has 0 bridgehead atoms. The molecule has 0 fully saturated rings. The van der Waals surface area contributed by atoms with Gasteiger partial charge in [0, 0.05) is 9.79 Å². The Morgan fingerprint density at radius 1 is 1.00 bits per heavy atom. The second-order valence-corrected chi connectivity index (χ2v) is 5.91. The fourth-order valence-corrected chi connectivity index (χ4v) is 2.49. The van der Waals surface area contributed by atoms with E-state index in [0.717, 1.165) is 9.79 Å². The number of nitrogens with one attached hydrogen (secondary N) is 1. The summed E-state index contributed by atoms with van der Waals surface area (Å²) in [7, 11) is 0. The molecule has 0 aliphatic rings. The SMILES string of the molecule is O=C(Nc1ccccc1Sc1ccccc1)C(Cl)Cl. The summed E-state index contributed by atoms with van der Waals surface area (Å²) in [6.07, 6.45) is 0. The molecule has 1 N–H and O–H groups in total. The summed E-state index contributed by atoms with van der Waals surface area (Å²) >= 11 is 12.6. The van der Waals surface area contributed by atoms with Crippen LogP contribution in [0.3, 0.4) is 0 Å². The molecule has 1 amide bonds. The Balaban J connectivity index is 2.19. The molecule has 0 radical (unpaired) electrons. The van der Waals surface area contributed by atoms with Crippen molar-refractivity contribution < 1.29 is 4.79 Å². The zero-order valence-electron chi connectivity index (χ0n) is 9.85. The first-order valence-corrected chi connectivity index (χ1v) is 7.26. The van der Waals surface area contributed by atoms with Crippen LogP contribution in [0, 0.1) is 0 Å². The van der Waals surface area contributed by atoms with E-state index in [2.05, 4.69) is 5.32 Å². The van der Waals surface area contributed by atoms with Gasteiger partial charge in [-0.15, -0.1) is 0 Å². The molecule has 98 valence electrons. The Labute approximate surface area is 126 Å². The summed E-state index contributed by atoms with van der Waals surface area (Å²) in [4.78, 5) is 12.5. The molecular formula is C14H11Cl2NOS. The quantitative estimate of drug-likeness (QED) is 0.837. The first kappa shape index (κ1) is 14.3. The fraction of sp³-hybridized carbons (Fsp3) is 0.0714. The van der Waals surface area contributed by atoms with Crippen LogP contribution in [0.1, 0.15) is 0 Å². The van der Waals surface area contributed by atoms with E-state index in [0.29, 0.717) is 5.69 Å². The topological polar surface area (TPSA) is 29.1 Å². The number of benzene rings is 2. The average molecular weight is 312 g/mol. The molecule has 0 spiro atoms. The van der Waals surface area contributed by atoms with Crippen molar-refractivity contribution in [3.63, 3.8) is 0 Å². The molecule has 0 saturated heterocycles. The van der Waals surface area contributed by atoms with E-state index in [1.807, 2.05) is 54.6 Å². The minimum atomic E-state index is -1.07. The summed E-state index contributed by atoms with van der Waals surface area (Å²) in [5.41, 5.74) is 0.702. The van der Waals surface area contributed by atoms with Crippen LogP contribution in [0.5, 0.6) is 0 Å². The van der Waals surface area contributed by atoms with E-state index in [-0.39, 0.29) is 0 Å². The lowest BCUT2D eigenvalue weighted by Crippen LogP contribution is -2.18. The lowest BCUT2D eigenvalue weighted by molar-refractivity contribution is -0.114. The van der Waals surface area contributed by atoms with Crippen LogP contribution in [0.4, 0.5) is 5.69 Å². The van der Waals surface area contributed by atoms with Gasteiger partial charge >= 0.3 is 0 Å². The Hall–Kier alpha value is -1.16. The first-order valence-electron chi connectivity index (χ1n) is 5.58. The van der Waals surface area contributed by atoms with Crippen LogP contribution in [-0.2, 0) is 4.79 Å². The normalized spacial score (nSPS) is 10.5. The number of carbonyl (C=O) groups is 1. The van der Waals surface area contributed by atoms with Crippen LogP contribution in [0.15, 0.2) is 64.4 Å². The molecule has 0 atom stereocenters. The molecule has 0 saturated carbocycles. The number of hydrogen-bond donors (Lipinski definition) is 1. The Morgan fingerprint density at radius 3 is 2.32 bits per heavy atom. The van der Waals surface area contributed by atoms with Gasteiger partial charge < -0.3 is 5.32 Å².